The van der Waals surface area contributed by atoms with Crippen LogP contribution >= 0.6 is 11.6 Å². The number of halogens is 1. The van der Waals surface area contributed by atoms with Crippen molar-refractivity contribution < 1.29 is 25.2 Å². The van der Waals surface area contributed by atoms with Crippen LogP contribution < -0.4 is 0 Å². The minimum Gasteiger partial charge on any atom is -0.492 e. The summed E-state index contributed by atoms with van der Waals surface area (Å²) in [6.45, 7) is -0.442. The zero-order valence-electron chi connectivity index (χ0n) is 9.96. The van der Waals surface area contributed by atoms with Gasteiger partial charge in [0.2, 0.25) is 11.2 Å². The first-order valence-electron chi connectivity index (χ1n) is 5.74. The van der Waals surface area contributed by atoms with Gasteiger partial charge in [0.25, 0.3) is 0 Å². The van der Waals surface area contributed by atoms with E-state index >= 15 is 0 Å². The van der Waals surface area contributed by atoms with Gasteiger partial charge >= 0.3 is 0 Å². The van der Waals surface area contributed by atoms with E-state index in [4.69, 9.17) is 21.4 Å². The molecule has 1 aliphatic heterocycles. The fraction of sp³-hybridized carbons (Fsp3) is 0.500. The van der Waals surface area contributed by atoms with Gasteiger partial charge < -0.3 is 25.2 Å². The number of rotatable bonds is 2. The first-order valence-corrected chi connectivity index (χ1v) is 6.12. The van der Waals surface area contributed by atoms with Gasteiger partial charge in [-0.2, -0.15) is 9.97 Å². The number of aromatic nitrogens is 4. The molecule has 0 unspecified atom stereocenters. The molecule has 0 bridgehead atoms. The van der Waals surface area contributed by atoms with Crippen LogP contribution in [0.5, 0.6) is 5.88 Å². The molecule has 108 valence electrons. The minimum absolute atomic E-state index is 0.0899. The standard InChI is InChI=1S/C10H11ClN4O5/c11-10-13-7-4(8(19)14-10)12-2-15(7)9-6(18)5(17)3(1-16)20-9/h2-3,5-6,9,16-18H,1H2,(H,13,14,19)/t3-,5-,6-,9-/m1/s1. The first kappa shape index (κ1) is 13.5. The molecule has 0 saturated carbocycles. The zero-order chi connectivity index (χ0) is 14.4. The molecule has 0 amide bonds. The largest absolute Gasteiger partial charge is 0.492 e. The summed E-state index contributed by atoms with van der Waals surface area (Å²) in [5.74, 6) is -0.398. The third-order valence-electron chi connectivity index (χ3n) is 3.17. The average Bonchev–Trinajstić information content (AvgIpc) is 2.93. The van der Waals surface area contributed by atoms with Crippen molar-refractivity contribution in [2.75, 3.05) is 6.61 Å². The highest BCUT2D eigenvalue weighted by Crippen LogP contribution is 2.32. The molecule has 9 nitrogen and oxygen atoms in total. The van der Waals surface area contributed by atoms with Crippen molar-refractivity contribution in [3.05, 3.63) is 11.6 Å². The Hall–Kier alpha value is -1.52. The summed E-state index contributed by atoms with van der Waals surface area (Å²) in [6.07, 6.45) is -3.17. The molecule has 2 aromatic heterocycles. The van der Waals surface area contributed by atoms with Gasteiger partial charge in [-0.3, -0.25) is 4.57 Å². The van der Waals surface area contributed by atoms with E-state index in [1.165, 1.54) is 10.9 Å². The van der Waals surface area contributed by atoms with Crippen LogP contribution in [0, 0.1) is 0 Å². The Bertz CT molecular complexity index is 650. The highest BCUT2D eigenvalue weighted by atomic mass is 35.5. The second kappa shape index (κ2) is 4.79. The Morgan fingerprint density at radius 2 is 2.05 bits per heavy atom. The fourth-order valence-electron chi connectivity index (χ4n) is 2.17. The van der Waals surface area contributed by atoms with Crippen LogP contribution in [0.2, 0.25) is 5.28 Å². The molecule has 0 aliphatic carbocycles. The van der Waals surface area contributed by atoms with E-state index in [0.29, 0.717) is 0 Å². The number of imidazole rings is 1. The van der Waals surface area contributed by atoms with Gasteiger partial charge in [0.1, 0.15) is 18.3 Å². The summed E-state index contributed by atoms with van der Waals surface area (Å²) in [7, 11) is 0. The predicted octanol–water partition coefficient (Wildman–Crippen LogP) is -1.20. The van der Waals surface area contributed by atoms with Crippen LogP contribution in [0.25, 0.3) is 11.2 Å². The monoisotopic (exact) mass is 302 g/mol. The summed E-state index contributed by atoms with van der Waals surface area (Å²) in [4.78, 5) is 11.4. The molecule has 0 radical (unpaired) electrons. The molecule has 2 aromatic rings. The van der Waals surface area contributed by atoms with Crippen LogP contribution in [-0.2, 0) is 4.74 Å². The molecule has 0 spiro atoms. The summed E-state index contributed by atoms with van der Waals surface area (Å²) in [5, 5.41) is 38.2. The highest BCUT2D eigenvalue weighted by Gasteiger charge is 2.44. The van der Waals surface area contributed by atoms with Gasteiger partial charge in [0, 0.05) is 0 Å². The van der Waals surface area contributed by atoms with E-state index in [1.807, 2.05) is 0 Å². The highest BCUT2D eigenvalue weighted by molar-refractivity contribution is 6.28. The quantitative estimate of drug-likeness (QED) is 0.508. The lowest BCUT2D eigenvalue weighted by Gasteiger charge is -2.16. The van der Waals surface area contributed by atoms with E-state index in [9.17, 15) is 15.3 Å². The van der Waals surface area contributed by atoms with Crippen LogP contribution in [0.15, 0.2) is 6.33 Å². The lowest BCUT2D eigenvalue weighted by Crippen LogP contribution is -2.33. The molecular weight excluding hydrogens is 292 g/mol. The third kappa shape index (κ3) is 1.91. The topological polar surface area (TPSA) is 134 Å². The van der Waals surface area contributed by atoms with E-state index in [-0.39, 0.29) is 16.4 Å². The van der Waals surface area contributed by atoms with Crippen molar-refractivity contribution in [2.24, 2.45) is 0 Å². The zero-order valence-corrected chi connectivity index (χ0v) is 10.7. The first-order chi connectivity index (χ1) is 9.52. The molecule has 4 atom stereocenters. The van der Waals surface area contributed by atoms with E-state index in [1.54, 1.807) is 0 Å². The van der Waals surface area contributed by atoms with Gasteiger partial charge in [-0.25, -0.2) is 4.98 Å². The Morgan fingerprint density at radius 1 is 1.30 bits per heavy atom. The Balaban J connectivity index is 2.07. The van der Waals surface area contributed by atoms with Gasteiger partial charge in [-0.1, -0.05) is 0 Å². The number of aliphatic hydroxyl groups is 3. The second-order valence-electron chi connectivity index (χ2n) is 4.37. The SMILES string of the molecule is OC[C@H]1O[C@@H](n2cnc3c(O)nc(Cl)nc32)[C@H](O)[C@@H]1O. The summed E-state index contributed by atoms with van der Waals surface area (Å²) < 4.78 is 6.67. The molecule has 20 heavy (non-hydrogen) atoms. The van der Waals surface area contributed by atoms with Crippen molar-refractivity contribution in [2.45, 2.75) is 24.5 Å². The van der Waals surface area contributed by atoms with Gasteiger partial charge in [0.15, 0.2) is 17.4 Å². The number of hydrogen-bond donors (Lipinski definition) is 4. The van der Waals surface area contributed by atoms with E-state index in [0.717, 1.165) is 0 Å². The number of ether oxygens (including phenoxy) is 1. The van der Waals surface area contributed by atoms with Crippen molar-refractivity contribution >= 4 is 22.8 Å². The second-order valence-corrected chi connectivity index (χ2v) is 4.71. The van der Waals surface area contributed by atoms with E-state index in [2.05, 4.69) is 15.0 Å². The van der Waals surface area contributed by atoms with Crippen molar-refractivity contribution in [3.8, 4) is 5.88 Å². The molecule has 4 N–H and O–H groups in total. The normalized spacial score (nSPS) is 30.2. The molecular formula is C10H11ClN4O5. The maximum absolute atomic E-state index is 9.96. The van der Waals surface area contributed by atoms with Crippen molar-refractivity contribution in [1.29, 1.82) is 0 Å². The average molecular weight is 303 g/mol. The van der Waals surface area contributed by atoms with Crippen LogP contribution in [-0.4, -0.2) is 64.9 Å². The molecule has 10 heteroatoms. The fourth-order valence-corrected chi connectivity index (χ4v) is 2.33. The number of nitrogens with zero attached hydrogens (tertiary/aromatic N) is 4. The number of fused-ring (bicyclic) bond motifs is 1. The third-order valence-corrected chi connectivity index (χ3v) is 3.34. The lowest BCUT2D eigenvalue weighted by molar-refractivity contribution is -0.0511. The summed E-state index contributed by atoms with van der Waals surface area (Å²) in [5.41, 5.74) is 0.240. The molecule has 1 aliphatic rings. The number of hydrogen-bond acceptors (Lipinski definition) is 8. The molecule has 1 fully saturated rings. The van der Waals surface area contributed by atoms with Gasteiger partial charge in [-0.05, 0) is 11.6 Å². The molecule has 3 rings (SSSR count). The van der Waals surface area contributed by atoms with Crippen LogP contribution in [0.4, 0.5) is 0 Å². The maximum Gasteiger partial charge on any atom is 0.244 e. The molecule has 1 saturated heterocycles. The Kier molecular flexibility index (Phi) is 3.22. The van der Waals surface area contributed by atoms with Crippen LogP contribution in [0.3, 0.4) is 0 Å². The lowest BCUT2D eigenvalue weighted by atomic mass is 10.1. The number of aromatic hydroxyl groups is 1. The summed E-state index contributed by atoms with van der Waals surface area (Å²) >= 11 is 5.66. The maximum atomic E-state index is 9.96. The van der Waals surface area contributed by atoms with Crippen LogP contribution in [0.1, 0.15) is 6.23 Å². The Labute approximate surface area is 117 Å². The Morgan fingerprint density at radius 3 is 2.70 bits per heavy atom. The minimum atomic E-state index is -1.28. The summed E-state index contributed by atoms with van der Waals surface area (Å²) in [6, 6.07) is 0. The van der Waals surface area contributed by atoms with Crippen molar-refractivity contribution in [3.63, 3.8) is 0 Å². The predicted molar refractivity (Wildman–Crippen MR) is 65.0 cm³/mol. The molecule has 3 heterocycles. The molecule has 0 aromatic carbocycles. The van der Waals surface area contributed by atoms with Crippen molar-refractivity contribution in [1.82, 2.24) is 19.5 Å². The van der Waals surface area contributed by atoms with Gasteiger partial charge in [0.05, 0.1) is 12.9 Å². The smallest absolute Gasteiger partial charge is 0.244 e. The van der Waals surface area contributed by atoms with E-state index < -0.39 is 37.0 Å². The van der Waals surface area contributed by atoms with Gasteiger partial charge in [-0.15, -0.1) is 0 Å². The number of aliphatic hydroxyl groups excluding tert-OH is 3.